The van der Waals surface area contributed by atoms with E-state index in [1.54, 1.807) is 0 Å². The van der Waals surface area contributed by atoms with Gasteiger partial charge in [0, 0.05) is 6.92 Å². The molecule has 0 fully saturated rings. The molecule has 1 atom stereocenters. The van der Waals surface area contributed by atoms with Crippen molar-refractivity contribution in [3.63, 3.8) is 0 Å². The number of rotatable bonds is 5. The van der Waals surface area contributed by atoms with Crippen LogP contribution >= 0.6 is 0 Å². The van der Waals surface area contributed by atoms with Crippen LogP contribution in [0.1, 0.15) is 26.7 Å². The molecule has 13 heavy (non-hydrogen) atoms. The van der Waals surface area contributed by atoms with Crippen molar-refractivity contribution in [2.24, 2.45) is 0 Å². The average Bonchev–Trinajstić information content (AvgIpc) is 2.04. The third-order valence-electron chi connectivity index (χ3n) is 1.30. The summed E-state index contributed by atoms with van der Waals surface area (Å²) in [5.41, 5.74) is 0. The van der Waals surface area contributed by atoms with Crippen molar-refractivity contribution in [1.29, 1.82) is 0 Å². The largest absolute Gasteiger partial charge is 0.428 e. The van der Waals surface area contributed by atoms with Gasteiger partial charge in [0.25, 0.3) is 0 Å². The molecule has 0 heterocycles. The van der Waals surface area contributed by atoms with Crippen LogP contribution in [0, 0.1) is 0 Å². The molecule has 0 saturated heterocycles. The highest BCUT2D eigenvalue weighted by atomic mass is 16.7. The zero-order valence-corrected chi connectivity index (χ0v) is 7.78. The van der Waals surface area contributed by atoms with Crippen LogP contribution in [0.2, 0.25) is 0 Å². The van der Waals surface area contributed by atoms with E-state index in [9.17, 15) is 9.59 Å². The summed E-state index contributed by atoms with van der Waals surface area (Å²) in [5.74, 6) is -1.29. The van der Waals surface area contributed by atoms with Gasteiger partial charge in [0.05, 0.1) is 0 Å². The van der Waals surface area contributed by atoms with Crippen molar-refractivity contribution >= 4 is 11.9 Å². The molecule has 5 heteroatoms. The lowest BCUT2D eigenvalue weighted by molar-refractivity contribution is -0.172. The smallest absolute Gasteiger partial charge is 0.337 e. The number of hydrogen-bond donors (Lipinski definition) is 1. The molecule has 0 aliphatic carbocycles. The molecule has 0 aromatic carbocycles. The van der Waals surface area contributed by atoms with E-state index in [2.05, 4.69) is 9.47 Å². The SMILES string of the molecule is CCCC(O)C(=O)OCOC(C)=O. The third kappa shape index (κ3) is 6.10. The van der Waals surface area contributed by atoms with Crippen LogP contribution in [0.3, 0.4) is 0 Å². The topological polar surface area (TPSA) is 72.8 Å². The van der Waals surface area contributed by atoms with E-state index < -0.39 is 24.8 Å². The number of hydrogen-bond acceptors (Lipinski definition) is 5. The molecule has 0 rings (SSSR count). The maximum absolute atomic E-state index is 10.9. The van der Waals surface area contributed by atoms with Crippen LogP contribution in [-0.4, -0.2) is 29.9 Å². The summed E-state index contributed by atoms with van der Waals surface area (Å²) < 4.78 is 8.78. The molecule has 0 aliphatic heterocycles. The minimum absolute atomic E-state index is 0.346. The molecule has 76 valence electrons. The van der Waals surface area contributed by atoms with Crippen molar-refractivity contribution < 1.29 is 24.2 Å². The molecule has 0 aliphatic rings. The normalized spacial score (nSPS) is 11.9. The van der Waals surface area contributed by atoms with E-state index in [1.807, 2.05) is 6.92 Å². The molecule has 0 amide bonds. The van der Waals surface area contributed by atoms with E-state index in [1.165, 1.54) is 6.92 Å². The predicted octanol–water partition coefficient (Wildman–Crippen LogP) is 0.211. The Kier molecular flexibility index (Phi) is 5.88. The van der Waals surface area contributed by atoms with Gasteiger partial charge in [0.1, 0.15) is 0 Å². The Morgan fingerprint density at radius 2 is 2.00 bits per heavy atom. The first-order chi connectivity index (χ1) is 6.07. The summed E-state index contributed by atoms with van der Waals surface area (Å²) in [5, 5.41) is 9.07. The summed E-state index contributed by atoms with van der Waals surface area (Å²) in [7, 11) is 0. The van der Waals surface area contributed by atoms with Gasteiger partial charge in [-0.3, -0.25) is 4.79 Å². The van der Waals surface area contributed by atoms with Gasteiger partial charge in [-0.05, 0) is 6.42 Å². The average molecular weight is 190 g/mol. The fourth-order valence-electron chi connectivity index (χ4n) is 0.658. The van der Waals surface area contributed by atoms with Crippen molar-refractivity contribution in [2.75, 3.05) is 6.79 Å². The monoisotopic (exact) mass is 190 g/mol. The Morgan fingerprint density at radius 1 is 1.38 bits per heavy atom. The standard InChI is InChI=1S/C8H14O5/c1-3-4-7(10)8(11)13-5-12-6(2)9/h7,10H,3-5H2,1-2H3. The summed E-state index contributed by atoms with van der Waals surface area (Å²) >= 11 is 0. The number of aliphatic hydroxyl groups is 1. The first-order valence-electron chi connectivity index (χ1n) is 4.06. The number of ether oxygens (including phenoxy) is 2. The van der Waals surface area contributed by atoms with Gasteiger partial charge in [-0.1, -0.05) is 13.3 Å². The highest BCUT2D eigenvalue weighted by Gasteiger charge is 2.15. The van der Waals surface area contributed by atoms with Crippen LogP contribution in [0.5, 0.6) is 0 Å². The molecule has 0 bridgehead atoms. The van der Waals surface area contributed by atoms with Gasteiger partial charge in [-0.15, -0.1) is 0 Å². The van der Waals surface area contributed by atoms with Crippen LogP contribution in [0.15, 0.2) is 0 Å². The summed E-state index contributed by atoms with van der Waals surface area (Å²) in [6, 6.07) is 0. The first kappa shape index (κ1) is 11.9. The summed E-state index contributed by atoms with van der Waals surface area (Å²) in [4.78, 5) is 21.1. The van der Waals surface area contributed by atoms with Crippen molar-refractivity contribution in [3.8, 4) is 0 Å². The Morgan fingerprint density at radius 3 is 2.46 bits per heavy atom. The van der Waals surface area contributed by atoms with E-state index in [-0.39, 0.29) is 0 Å². The quantitative estimate of drug-likeness (QED) is 0.495. The molecular formula is C8H14O5. The molecule has 0 aromatic heterocycles. The van der Waals surface area contributed by atoms with Gasteiger partial charge in [-0.2, -0.15) is 0 Å². The number of carbonyl (C=O) groups excluding carboxylic acids is 2. The second kappa shape index (κ2) is 6.42. The van der Waals surface area contributed by atoms with E-state index in [0.717, 1.165) is 0 Å². The third-order valence-corrected chi connectivity index (χ3v) is 1.30. The Hall–Kier alpha value is -1.10. The van der Waals surface area contributed by atoms with Gasteiger partial charge in [0.2, 0.25) is 6.79 Å². The lowest BCUT2D eigenvalue weighted by Gasteiger charge is -2.08. The maximum atomic E-state index is 10.9. The van der Waals surface area contributed by atoms with E-state index in [0.29, 0.717) is 12.8 Å². The molecule has 0 radical (unpaired) electrons. The zero-order chi connectivity index (χ0) is 10.3. The highest BCUT2D eigenvalue weighted by Crippen LogP contribution is 1.98. The highest BCUT2D eigenvalue weighted by molar-refractivity contribution is 5.74. The molecule has 0 saturated carbocycles. The van der Waals surface area contributed by atoms with Crippen LogP contribution in [0.25, 0.3) is 0 Å². The van der Waals surface area contributed by atoms with Gasteiger partial charge < -0.3 is 14.6 Å². The van der Waals surface area contributed by atoms with Crippen LogP contribution in [-0.2, 0) is 19.1 Å². The lowest BCUT2D eigenvalue weighted by Crippen LogP contribution is -2.24. The minimum Gasteiger partial charge on any atom is -0.428 e. The van der Waals surface area contributed by atoms with Gasteiger partial charge in [0.15, 0.2) is 6.10 Å². The second-order valence-electron chi connectivity index (χ2n) is 2.52. The predicted molar refractivity (Wildman–Crippen MR) is 43.6 cm³/mol. The molecule has 1 N–H and O–H groups in total. The number of carbonyl (C=O) groups is 2. The number of aliphatic hydroxyl groups excluding tert-OH is 1. The van der Waals surface area contributed by atoms with Crippen molar-refractivity contribution in [2.45, 2.75) is 32.8 Å². The first-order valence-corrected chi connectivity index (χ1v) is 4.06. The lowest BCUT2D eigenvalue weighted by atomic mass is 10.2. The summed E-state index contributed by atoms with van der Waals surface area (Å²) in [6.07, 6.45) is -0.0940. The van der Waals surface area contributed by atoms with Gasteiger partial charge >= 0.3 is 11.9 Å². The summed E-state index contributed by atoms with van der Waals surface area (Å²) in [6.45, 7) is 2.60. The van der Waals surface area contributed by atoms with Crippen LogP contribution < -0.4 is 0 Å². The minimum atomic E-state index is -1.12. The molecule has 1 unspecified atom stereocenters. The van der Waals surface area contributed by atoms with E-state index >= 15 is 0 Å². The second-order valence-corrected chi connectivity index (χ2v) is 2.52. The zero-order valence-electron chi connectivity index (χ0n) is 7.78. The number of esters is 2. The fraction of sp³-hybridized carbons (Fsp3) is 0.750. The Labute approximate surface area is 76.6 Å². The van der Waals surface area contributed by atoms with Crippen molar-refractivity contribution in [3.05, 3.63) is 0 Å². The molecule has 0 aromatic rings. The Balaban J connectivity index is 3.55. The van der Waals surface area contributed by atoms with Crippen LogP contribution in [0.4, 0.5) is 0 Å². The van der Waals surface area contributed by atoms with Crippen molar-refractivity contribution in [1.82, 2.24) is 0 Å². The maximum Gasteiger partial charge on any atom is 0.337 e. The Bertz CT molecular complexity index is 177. The van der Waals surface area contributed by atoms with Gasteiger partial charge in [-0.25, -0.2) is 4.79 Å². The van der Waals surface area contributed by atoms with E-state index in [4.69, 9.17) is 5.11 Å². The molecule has 5 nitrogen and oxygen atoms in total. The molecule has 0 spiro atoms. The molecular weight excluding hydrogens is 176 g/mol. The fourth-order valence-corrected chi connectivity index (χ4v) is 0.658.